The summed E-state index contributed by atoms with van der Waals surface area (Å²) in [5, 5.41) is 3.59. The second-order valence-electron chi connectivity index (χ2n) is 5.49. The fourth-order valence-electron chi connectivity index (χ4n) is 3.22. The Labute approximate surface area is 108 Å². The van der Waals surface area contributed by atoms with E-state index >= 15 is 0 Å². The Morgan fingerprint density at radius 3 is 2.89 bits per heavy atom. The number of carbonyl (C=O) groups excluding carboxylic acids is 1. The van der Waals surface area contributed by atoms with E-state index in [2.05, 4.69) is 24.4 Å². The zero-order valence-electron chi connectivity index (χ0n) is 11.1. The van der Waals surface area contributed by atoms with E-state index in [-0.39, 0.29) is 5.91 Å². The summed E-state index contributed by atoms with van der Waals surface area (Å²) in [5.41, 5.74) is 4.94. The standard InChI is InChI=1S/C15H20N2O/c1-10-7-11-9-14(18)17(2)15(11)12(8-10)13-5-3-4-6-16-13/h7-8,13,16H,3-6,9H2,1-2H3. The molecule has 0 radical (unpaired) electrons. The first kappa shape index (κ1) is 11.7. The lowest BCUT2D eigenvalue weighted by atomic mass is 9.93. The van der Waals surface area contributed by atoms with Gasteiger partial charge in [0.15, 0.2) is 0 Å². The molecule has 2 aliphatic heterocycles. The topological polar surface area (TPSA) is 32.3 Å². The van der Waals surface area contributed by atoms with Crippen LogP contribution in [0.25, 0.3) is 0 Å². The average Bonchev–Trinajstić information content (AvgIpc) is 2.65. The lowest BCUT2D eigenvalue weighted by molar-refractivity contribution is -0.117. The number of amides is 1. The second kappa shape index (κ2) is 4.39. The molecular formula is C15H20N2O. The highest BCUT2D eigenvalue weighted by molar-refractivity contribution is 6.02. The third kappa shape index (κ3) is 1.83. The third-order valence-electron chi connectivity index (χ3n) is 4.10. The Balaban J connectivity index is 2.06. The minimum Gasteiger partial charge on any atom is -0.315 e. The smallest absolute Gasteiger partial charge is 0.231 e. The minimum absolute atomic E-state index is 0.215. The van der Waals surface area contributed by atoms with Gasteiger partial charge in [-0.15, -0.1) is 0 Å². The van der Waals surface area contributed by atoms with Gasteiger partial charge in [-0.2, -0.15) is 0 Å². The van der Waals surface area contributed by atoms with Crippen LogP contribution in [0.5, 0.6) is 0 Å². The highest BCUT2D eigenvalue weighted by Gasteiger charge is 2.30. The van der Waals surface area contributed by atoms with Crippen molar-refractivity contribution in [2.45, 2.75) is 38.6 Å². The average molecular weight is 244 g/mol. The number of aryl methyl sites for hydroxylation is 1. The molecule has 2 heterocycles. The maximum absolute atomic E-state index is 11.9. The van der Waals surface area contributed by atoms with Gasteiger partial charge in [0.1, 0.15) is 0 Å². The summed E-state index contributed by atoms with van der Waals surface area (Å²) in [5.74, 6) is 0.215. The quantitative estimate of drug-likeness (QED) is 0.822. The third-order valence-corrected chi connectivity index (χ3v) is 4.10. The van der Waals surface area contributed by atoms with Crippen molar-refractivity contribution in [1.82, 2.24) is 5.32 Å². The molecule has 0 bridgehead atoms. The summed E-state index contributed by atoms with van der Waals surface area (Å²) < 4.78 is 0. The molecule has 0 aliphatic carbocycles. The van der Waals surface area contributed by atoms with E-state index in [1.165, 1.54) is 36.0 Å². The minimum atomic E-state index is 0.215. The van der Waals surface area contributed by atoms with E-state index < -0.39 is 0 Å². The van der Waals surface area contributed by atoms with Crippen molar-refractivity contribution in [3.8, 4) is 0 Å². The zero-order chi connectivity index (χ0) is 12.7. The van der Waals surface area contributed by atoms with Crippen LogP contribution >= 0.6 is 0 Å². The van der Waals surface area contributed by atoms with Crippen molar-refractivity contribution < 1.29 is 4.79 Å². The van der Waals surface area contributed by atoms with Gasteiger partial charge in [0.05, 0.1) is 12.1 Å². The van der Waals surface area contributed by atoms with Crippen LogP contribution in [-0.2, 0) is 11.2 Å². The van der Waals surface area contributed by atoms with Gasteiger partial charge in [0.25, 0.3) is 0 Å². The number of piperidine rings is 1. The summed E-state index contributed by atoms with van der Waals surface area (Å²) >= 11 is 0. The normalized spacial score (nSPS) is 23.3. The van der Waals surface area contributed by atoms with Crippen molar-refractivity contribution in [3.05, 3.63) is 28.8 Å². The van der Waals surface area contributed by atoms with Gasteiger partial charge in [0, 0.05) is 13.1 Å². The molecule has 3 rings (SSSR count). The van der Waals surface area contributed by atoms with Gasteiger partial charge in [-0.25, -0.2) is 0 Å². The first-order chi connectivity index (χ1) is 8.66. The number of rotatable bonds is 1. The van der Waals surface area contributed by atoms with Crippen molar-refractivity contribution in [1.29, 1.82) is 0 Å². The van der Waals surface area contributed by atoms with E-state index in [0.717, 1.165) is 12.2 Å². The molecule has 1 atom stereocenters. The first-order valence-electron chi connectivity index (χ1n) is 6.80. The molecule has 1 aromatic rings. The van der Waals surface area contributed by atoms with Gasteiger partial charge in [0.2, 0.25) is 5.91 Å². The van der Waals surface area contributed by atoms with Crippen LogP contribution in [0.15, 0.2) is 12.1 Å². The highest BCUT2D eigenvalue weighted by Crippen LogP contribution is 2.38. The summed E-state index contributed by atoms with van der Waals surface area (Å²) in [7, 11) is 1.90. The number of fused-ring (bicyclic) bond motifs is 1. The number of nitrogens with zero attached hydrogens (tertiary/aromatic N) is 1. The maximum Gasteiger partial charge on any atom is 0.231 e. The van der Waals surface area contributed by atoms with Crippen molar-refractivity contribution in [2.75, 3.05) is 18.5 Å². The molecule has 96 valence electrons. The molecule has 1 saturated heterocycles. The Bertz CT molecular complexity index is 490. The van der Waals surface area contributed by atoms with E-state index in [0.29, 0.717) is 12.5 Å². The predicted molar refractivity (Wildman–Crippen MR) is 72.9 cm³/mol. The maximum atomic E-state index is 11.9. The molecule has 0 spiro atoms. The number of nitrogens with one attached hydrogen (secondary N) is 1. The molecule has 2 aliphatic rings. The van der Waals surface area contributed by atoms with Crippen LogP contribution in [-0.4, -0.2) is 19.5 Å². The predicted octanol–water partition coefficient (Wildman–Crippen LogP) is 2.33. The van der Waals surface area contributed by atoms with Gasteiger partial charge >= 0.3 is 0 Å². The molecule has 1 N–H and O–H groups in total. The first-order valence-corrected chi connectivity index (χ1v) is 6.80. The lowest BCUT2D eigenvalue weighted by Crippen LogP contribution is -2.29. The molecule has 3 nitrogen and oxygen atoms in total. The van der Waals surface area contributed by atoms with Crippen LogP contribution in [0.2, 0.25) is 0 Å². The number of hydrogen-bond donors (Lipinski definition) is 1. The number of benzene rings is 1. The van der Waals surface area contributed by atoms with Crippen LogP contribution < -0.4 is 10.2 Å². The van der Waals surface area contributed by atoms with Gasteiger partial charge in [-0.05, 0) is 37.4 Å². The molecule has 1 fully saturated rings. The summed E-state index contributed by atoms with van der Waals surface area (Å²) in [6.45, 7) is 3.21. The fraction of sp³-hybridized carbons (Fsp3) is 0.533. The lowest BCUT2D eigenvalue weighted by Gasteiger charge is -2.27. The Kier molecular flexibility index (Phi) is 2.86. The van der Waals surface area contributed by atoms with E-state index in [1.54, 1.807) is 0 Å². The Morgan fingerprint density at radius 1 is 1.33 bits per heavy atom. The molecule has 1 aromatic carbocycles. The summed E-state index contributed by atoms with van der Waals surface area (Å²) in [6.07, 6.45) is 4.28. The summed E-state index contributed by atoms with van der Waals surface area (Å²) in [4.78, 5) is 13.7. The molecule has 18 heavy (non-hydrogen) atoms. The second-order valence-corrected chi connectivity index (χ2v) is 5.49. The zero-order valence-corrected chi connectivity index (χ0v) is 11.1. The Morgan fingerprint density at radius 2 is 2.17 bits per heavy atom. The molecule has 0 aromatic heterocycles. The SMILES string of the molecule is Cc1cc2c(c(C3CCCCN3)c1)N(C)C(=O)C2. The molecule has 1 unspecified atom stereocenters. The van der Waals surface area contributed by atoms with Crippen molar-refractivity contribution in [2.24, 2.45) is 0 Å². The molecule has 1 amide bonds. The fourth-order valence-corrected chi connectivity index (χ4v) is 3.22. The van der Waals surface area contributed by atoms with Crippen LogP contribution in [0.4, 0.5) is 5.69 Å². The van der Waals surface area contributed by atoms with E-state index in [4.69, 9.17) is 0 Å². The number of anilines is 1. The van der Waals surface area contributed by atoms with Gasteiger partial charge < -0.3 is 10.2 Å². The van der Waals surface area contributed by atoms with Crippen LogP contribution in [0.3, 0.4) is 0 Å². The molecule has 3 heteroatoms. The highest BCUT2D eigenvalue weighted by atomic mass is 16.2. The van der Waals surface area contributed by atoms with Gasteiger partial charge in [-0.3, -0.25) is 4.79 Å². The van der Waals surface area contributed by atoms with Crippen LogP contribution in [0, 0.1) is 6.92 Å². The Hall–Kier alpha value is -1.35. The molecular weight excluding hydrogens is 224 g/mol. The number of hydrogen-bond acceptors (Lipinski definition) is 2. The van der Waals surface area contributed by atoms with Crippen molar-refractivity contribution in [3.63, 3.8) is 0 Å². The van der Waals surface area contributed by atoms with Crippen LogP contribution in [0.1, 0.15) is 42.0 Å². The van der Waals surface area contributed by atoms with Gasteiger partial charge in [-0.1, -0.05) is 24.1 Å². The largest absolute Gasteiger partial charge is 0.315 e. The van der Waals surface area contributed by atoms with Crippen molar-refractivity contribution >= 4 is 11.6 Å². The summed E-state index contributed by atoms with van der Waals surface area (Å²) in [6, 6.07) is 4.82. The number of likely N-dealkylation sites (N-methyl/N-ethyl adjacent to an activating group) is 1. The van der Waals surface area contributed by atoms with E-state index in [1.807, 2.05) is 11.9 Å². The van der Waals surface area contributed by atoms with E-state index in [9.17, 15) is 4.79 Å². The number of carbonyl (C=O) groups is 1. The molecule has 0 saturated carbocycles. The monoisotopic (exact) mass is 244 g/mol.